The Morgan fingerprint density at radius 1 is 1.45 bits per heavy atom. The van der Waals surface area contributed by atoms with Gasteiger partial charge in [-0.05, 0) is 17.7 Å². The van der Waals surface area contributed by atoms with Gasteiger partial charge in [-0.15, -0.1) is 0 Å². The summed E-state index contributed by atoms with van der Waals surface area (Å²) >= 11 is 7.60. The number of carboxylic acid groups (broad SMARTS) is 1. The molecule has 1 amide bonds. The number of rotatable bonds is 4. The Balaban J connectivity index is 2.04. The SMILES string of the molecule is O=C(O)CC1CSCCN1C(=O)Cc1cccc(Cl)c1. The molecule has 6 heteroatoms. The third kappa shape index (κ3) is 4.15. The Labute approximate surface area is 127 Å². The molecule has 0 saturated carbocycles. The quantitative estimate of drug-likeness (QED) is 0.926. The van der Waals surface area contributed by atoms with Crippen LogP contribution in [0, 0.1) is 0 Å². The van der Waals surface area contributed by atoms with E-state index in [1.807, 2.05) is 12.1 Å². The highest BCUT2D eigenvalue weighted by atomic mass is 35.5. The van der Waals surface area contributed by atoms with E-state index in [9.17, 15) is 9.59 Å². The number of benzene rings is 1. The first kappa shape index (κ1) is 15.2. The van der Waals surface area contributed by atoms with Gasteiger partial charge in [-0.2, -0.15) is 11.8 Å². The first-order valence-electron chi connectivity index (χ1n) is 6.39. The molecule has 1 aromatic carbocycles. The number of amides is 1. The molecule has 0 aromatic heterocycles. The van der Waals surface area contributed by atoms with E-state index < -0.39 is 5.97 Å². The number of carbonyl (C=O) groups is 2. The van der Waals surface area contributed by atoms with Gasteiger partial charge in [0.25, 0.3) is 0 Å². The monoisotopic (exact) mass is 313 g/mol. The van der Waals surface area contributed by atoms with Crippen LogP contribution in [0.1, 0.15) is 12.0 Å². The summed E-state index contributed by atoms with van der Waals surface area (Å²) in [4.78, 5) is 24.9. The highest BCUT2D eigenvalue weighted by Crippen LogP contribution is 2.20. The molecule has 1 atom stereocenters. The molecule has 20 heavy (non-hydrogen) atoms. The summed E-state index contributed by atoms with van der Waals surface area (Å²) in [5.74, 6) is 0.655. The van der Waals surface area contributed by atoms with Gasteiger partial charge < -0.3 is 10.0 Å². The van der Waals surface area contributed by atoms with Crippen LogP contribution >= 0.6 is 23.4 Å². The van der Waals surface area contributed by atoms with Crippen molar-refractivity contribution in [1.82, 2.24) is 4.90 Å². The molecule has 1 aliphatic heterocycles. The van der Waals surface area contributed by atoms with Gasteiger partial charge in [0.15, 0.2) is 0 Å². The van der Waals surface area contributed by atoms with Crippen LogP contribution in [0.3, 0.4) is 0 Å². The number of halogens is 1. The molecule has 0 spiro atoms. The van der Waals surface area contributed by atoms with Crippen LogP contribution in [0.4, 0.5) is 0 Å². The molecule has 1 aromatic rings. The number of hydrogen-bond donors (Lipinski definition) is 1. The van der Waals surface area contributed by atoms with E-state index in [4.69, 9.17) is 16.7 Å². The van der Waals surface area contributed by atoms with E-state index in [1.54, 1.807) is 28.8 Å². The molecule has 0 radical (unpaired) electrons. The molecular formula is C14H16ClNO3S. The fraction of sp³-hybridized carbons (Fsp3) is 0.429. The van der Waals surface area contributed by atoms with Gasteiger partial charge in [0.05, 0.1) is 18.9 Å². The zero-order valence-corrected chi connectivity index (χ0v) is 12.5. The van der Waals surface area contributed by atoms with Crippen molar-refractivity contribution >= 4 is 35.2 Å². The lowest BCUT2D eigenvalue weighted by Crippen LogP contribution is -2.47. The Morgan fingerprint density at radius 3 is 2.95 bits per heavy atom. The number of nitrogens with zero attached hydrogens (tertiary/aromatic N) is 1. The predicted octanol–water partition coefficient (Wildman–Crippen LogP) is 2.30. The van der Waals surface area contributed by atoms with Crippen molar-refractivity contribution in [2.24, 2.45) is 0 Å². The van der Waals surface area contributed by atoms with Crippen molar-refractivity contribution in [3.63, 3.8) is 0 Å². The number of hydrogen-bond acceptors (Lipinski definition) is 3. The summed E-state index contributed by atoms with van der Waals surface area (Å²) < 4.78 is 0. The Hall–Kier alpha value is -1.20. The van der Waals surface area contributed by atoms with Gasteiger partial charge in [-0.1, -0.05) is 23.7 Å². The molecule has 1 fully saturated rings. The van der Waals surface area contributed by atoms with Crippen LogP contribution in [0.25, 0.3) is 0 Å². The fourth-order valence-electron chi connectivity index (χ4n) is 2.28. The topological polar surface area (TPSA) is 57.6 Å². The van der Waals surface area contributed by atoms with Crippen molar-refractivity contribution in [2.45, 2.75) is 18.9 Å². The second kappa shape index (κ2) is 6.99. The third-order valence-electron chi connectivity index (χ3n) is 3.20. The van der Waals surface area contributed by atoms with E-state index >= 15 is 0 Å². The lowest BCUT2D eigenvalue weighted by Gasteiger charge is -2.34. The normalized spacial score (nSPS) is 18.9. The molecule has 1 heterocycles. The van der Waals surface area contributed by atoms with Crippen LogP contribution in [0.5, 0.6) is 0 Å². The molecular weight excluding hydrogens is 298 g/mol. The van der Waals surface area contributed by atoms with Crippen LogP contribution in [0.2, 0.25) is 5.02 Å². The van der Waals surface area contributed by atoms with Crippen LogP contribution in [0.15, 0.2) is 24.3 Å². The Morgan fingerprint density at radius 2 is 2.25 bits per heavy atom. The molecule has 2 rings (SSSR count). The van der Waals surface area contributed by atoms with E-state index in [-0.39, 0.29) is 24.8 Å². The molecule has 1 saturated heterocycles. The zero-order chi connectivity index (χ0) is 14.5. The second-order valence-electron chi connectivity index (χ2n) is 4.72. The van der Waals surface area contributed by atoms with Crippen molar-refractivity contribution in [3.05, 3.63) is 34.9 Å². The second-order valence-corrected chi connectivity index (χ2v) is 6.31. The average molecular weight is 314 g/mol. The molecule has 1 N–H and O–H groups in total. The van der Waals surface area contributed by atoms with E-state index in [2.05, 4.69) is 0 Å². The van der Waals surface area contributed by atoms with Crippen LogP contribution in [-0.4, -0.2) is 46.0 Å². The molecule has 4 nitrogen and oxygen atoms in total. The van der Waals surface area contributed by atoms with Crippen molar-refractivity contribution in [1.29, 1.82) is 0 Å². The first-order chi connectivity index (χ1) is 9.56. The Kier molecular flexibility index (Phi) is 5.31. The Bertz CT molecular complexity index is 509. The lowest BCUT2D eigenvalue weighted by molar-refractivity contribution is -0.140. The highest BCUT2D eigenvalue weighted by Gasteiger charge is 2.28. The van der Waals surface area contributed by atoms with Crippen LogP contribution < -0.4 is 0 Å². The van der Waals surface area contributed by atoms with Crippen molar-refractivity contribution in [3.8, 4) is 0 Å². The molecule has 0 bridgehead atoms. The van der Waals surface area contributed by atoms with Gasteiger partial charge in [0.2, 0.25) is 5.91 Å². The molecule has 1 unspecified atom stereocenters. The number of carboxylic acids is 1. The van der Waals surface area contributed by atoms with Crippen molar-refractivity contribution < 1.29 is 14.7 Å². The first-order valence-corrected chi connectivity index (χ1v) is 7.93. The minimum absolute atomic E-state index is 0.00822. The summed E-state index contributed by atoms with van der Waals surface area (Å²) in [5, 5.41) is 9.53. The van der Waals surface area contributed by atoms with Gasteiger partial charge >= 0.3 is 5.97 Å². The lowest BCUT2D eigenvalue weighted by atomic mass is 10.1. The third-order valence-corrected chi connectivity index (χ3v) is 4.53. The summed E-state index contributed by atoms with van der Waals surface area (Å²) in [6.45, 7) is 0.613. The molecule has 1 aliphatic rings. The molecule has 108 valence electrons. The fourth-order valence-corrected chi connectivity index (χ4v) is 3.55. The van der Waals surface area contributed by atoms with E-state index in [0.717, 1.165) is 11.3 Å². The standard InChI is InChI=1S/C14H16ClNO3S/c15-11-3-1-2-10(6-11)7-13(17)16-4-5-20-9-12(16)8-14(18)19/h1-3,6,12H,4-5,7-9H2,(H,18,19). The van der Waals surface area contributed by atoms with Gasteiger partial charge in [-0.3, -0.25) is 9.59 Å². The summed E-state index contributed by atoms with van der Waals surface area (Å²) in [7, 11) is 0. The largest absolute Gasteiger partial charge is 0.481 e. The summed E-state index contributed by atoms with van der Waals surface area (Å²) in [6.07, 6.45) is 0.273. The molecule has 0 aliphatic carbocycles. The van der Waals surface area contributed by atoms with Gasteiger partial charge in [0, 0.05) is 23.1 Å². The maximum Gasteiger partial charge on any atom is 0.305 e. The van der Waals surface area contributed by atoms with Crippen LogP contribution in [-0.2, 0) is 16.0 Å². The smallest absolute Gasteiger partial charge is 0.305 e. The number of thioether (sulfide) groups is 1. The number of aliphatic carboxylic acids is 1. The average Bonchev–Trinajstić information content (AvgIpc) is 2.38. The minimum atomic E-state index is -0.863. The van der Waals surface area contributed by atoms with Gasteiger partial charge in [0.1, 0.15) is 0 Å². The zero-order valence-electron chi connectivity index (χ0n) is 10.9. The van der Waals surface area contributed by atoms with Crippen molar-refractivity contribution in [2.75, 3.05) is 18.1 Å². The number of carbonyl (C=O) groups excluding carboxylic acids is 1. The maximum atomic E-state index is 12.4. The highest BCUT2D eigenvalue weighted by molar-refractivity contribution is 7.99. The maximum absolute atomic E-state index is 12.4. The van der Waals surface area contributed by atoms with E-state index in [0.29, 0.717) is 17.3 Å². The van der Waals surface area contributed by atoms with E-state index in [1.165, 1.54) is 0 Å². The minimum Gasteiger partial charge on any atom is -0.481 e. The predicted molar refractivity (Wildman–Crippen MR) is 80.2 cm³/mol. The summed E-state index contributed by atoms with van der Waals surface area (Å²) in [6, 6.07) is 6.99. The summed E-state index contributed by atoms with van der Waals surface area (Å²) in [5.41, 5.74) is 0.856. The van der Waals surface area contributed by atoms with Gasteiger partial charge in [-0.25, -0.2) is 0 Å².